The zero-order chi connectivity index (χ0) is 13.1. The first-order chi connectivity index (χ1) is 8.88. The Bertz CT molecular complexity index is 312. The highest BCUT2D eigenvalue weighted by atomic mass is 79.9. The van der Waals surface area contributed by atoms with Crippen LogP contribution in [0.1, 0.15) is 51.0 Å². The van der Waals surface area contributed by atoms with Gasteiger partial charge in [-0.3, -0.25) is 0 Å². The minimum Gasteiger partial charge on any atom is -0.493 e. The lowest BCUT2D eigenvalue weighted by Crippen LogP contribution is -2.00. The van der Waals surface area contributed by atoms with E-state index in [1.807, 2.05) is 0 Å². The average molecular weight is 313 g/mol. The molecule has 0 saturated heterocycles. The molecule has 0 unspecified atom stereocenters. The van der Waals surface area contributed by atoms with E-state index < -0.39 is 0 Å². The third-order valence-corrected chi connectivity index (χ3v) is 3.59. The molecule has 0 radical (unpaired) electrons. The summed E-state index contributed by atoms with van der Waals surface area (Å²) in [6.45, 7) is 3.07. The molecule has 18 heavy (non-hydrogen) atoms. The molecule has 0 spiro atoms. The quantitative estimate of drug-likeness (QED) is 0.417. The maximum atomic E-state index is 5.89. The molecule has 0 heterocycles. The van der Waals surface area contributed by atoms with Crippen molar-refractivity contribution in [1.82, 2.24) is 0 Å². The Balaban J connectivity index is 2.18. The van der Waals surface area contributed by atoms with Gasteiger partial charge in [-0.05, 0) is 30.9 Å². The summed E-state index contributed by atoms with van der Waals surface area (Å²) < 4.78 is 5.89. The first-order valence-electron chi connectivity index (χ1n) is 7.15. The first kappa shape index (κ1) is 15.6. The molecule has 0 aromatic heterocycles. The SMILES string of the molecule is CCCc1ccccc1OCCCCCCCBr. The second-order valence-electron chi connectivity index (χ2n) is 4.66. The van der Waals surface area contributed by atoms with Crippen LogP contribution in [-0.4, -0.2) is 11.9 Å². The van der Waals surface area contributed by atoms with Gasteiger partial charge in [0.2, 0.25) is 0 Å². The smallest absolute Gasteiger partial charge is 0.122 e. The number of benzene rings is 1. The number of alkyl halides is 1. The van der Waals surface area contributed by atoms with Crippen LogP contribution in [0.15, 0.2) is 24.3 Å². The van der Waals surface area contributed by atoms with E-state index in [4.69, 9.17) is 4.74 Å². The molecular weight excluding hydrogens is 288 g/mol. The lowest BCUT2D eigenvalue weighted by Gasteiger charge is -2.10. The number of unbranched alkanes of at least 4 members (excludes halogenated alkanes) is 4. The zero-order valence-corrected chi connectivity index (χ0v) is 13.0. The number of ether oxygens (including phenoxy) is 1. The lowest BCUT2D eigenvalue weighted by atomic mass is 10.1. The van der Waals surface area contributed by atoms with Crippen LogP contribution >= 0.6 is 15.9 Å². The Labute approximate surface area is 120 Å². The topological polar surface area (TPSA) is 9.23 Å². The van der Waals surface area contributed by atoms with Gasteiger partial charge in [0.15, 0.2) is 0 Å². The number of aryl methyl sites for hydroxylation is 1. The van der Waals surface area contributed by atoms with Gasteiger partial charge in [0.1, 0.15) is 5.75 Å². The molecule has 0 amide bonds. The molecule has 102 valence electrons. The summed E-state index contributed by atoms with van der Waals surface area (Å²) in [7, 11) is 0. The van der Waals surface area contributed by atoms with E-state index in [1.165, 1.54) is 44.1 Å². The summed E-state index contributed by atoms with van der Waals surface area (Å²) >= 11 is 3.46. The summed E-state index contributed by atoms with van der Waals surface area (Å²) in [4.78, 5) is 0. The minimum absolute atomic E-state index is 0.856. The molecule has 0 saturated carbocycles. The standard InChI is InChI=1S/C16H25BrO/c1-2-10-15-11-6-7-12-16(15)18-14-9-5-3-4-8-13-17/h6-7,11-12H,2-5,8-10,13-14H2,1H3. The first-order valence-corrected chi connectivity index (χ1v) is 8.27. The summed E-state index contributed by atoms with van der Waals surface area (Å²) in [5, 5.41) is 1.13. The average Bonchev–Trinajstić information content (AvgIpc) is 2.40. The van der Waals surface area contributed by atoms with E-state index in [1.54, 1.807) is 0 Å². The van der Waals surface area contributed by atoms with Crippen molar-refractivity contribution in [1.29, 1.82) is 0 Å². The van der Waals surface area contributed by atoms with Gasteiger partial charge < -0.3 is 4.74 Å². The Morgan fingerprint density at radius 2 is 1.72 bits per heavy atom. The Morgan fingerprint density at radius 3 is 2.50 bits per heavy atom. The van der Waals surface area contributed by atoms with Crippen LogP contribution in [-0.2, 0) is 6.42 Å². The number of para-hydroxylation sites is 1. The lowest BCUT2D eigenvalue weighted by molar-refractivity contribution is 0.301. The Morgan fingerprint density at radius 1 is 1.00 bits per heavy atom. The fourth-order valence-corrected chi connectivity index (χ4v) is 2.43. The van der Waals surface area contributed by atoms with E-state index in [9.17, 15) is 0 Å². The Hall–Kier alpha value is -0.500. The van der Waals surface area contributed by atoms with Gasteiger partial charge in [0.25, 0.3) is 0 Å². The number of hydrogen-bond donors (Lipinski definition) is 0. The molecule has 1 aromatic rings. The second kappa shape index (κ2) is 10.4. The maximum Gasteiger partial charge on any atom is 0.122 e. The van der Waals surface area contributed by atoms with Crippen molar-refractivity contribution < 1.29 is 4.74 Å². The van der Waals surface area contributed by atoms with Crippen molar-refractivity contribution >= 4 is 15.9 Å². The predicted molar refractivity (Wildman–Crippen MR) is 82.8 cm³/mol. The van der Waals surface area contributed by atoms with Crippen LogP contribution < -0.4 is 4.74 Å². The molecule has 0 aliphatic rings. The minimum atomic E-state index is 0.856. The van der Waals surface area contributed by atoms with Crippen molar-refractivity contribution in [3.8, 4) is 5.75 Å². The second-order valence-corrected chi connectivity index (χ2v) is 5.46. The van der Waals surface area contributed by atoms with Crippen LogP contribution in [0.4, 0.5) is 0 Å². The van der Waals surface area contributed by atoms with Gasteiger partial charge >= 0.3 is 0 Å². The van der Waals surface area contributed by atoms with E-state index in [0.717, 1.165) is 24.1 Å². The largest absolute Gasteiger partial charge is 0.493 e. The highest BCUT2D eigenvalue weighted by Crippen LogP contribution is 2.19. The number of rotatable bonds is 10. The monoisotopic (exact) mass is 312 g/mol. The summed E-state index contributed by atoms with van der Waals surface area (Å²) in [6, 6.07) is 8.42. The van der Waals surface area contributed by atoms with Crippen molar-refractivity contribution in [3.63, 3.8) is 0 Å². The normalized spacial score (nSPS) is 10.6. The third-order valence-electron chi connectivity index (χ3n) is 3.03. The number of hydrogen-bond acceptors (Lipinski definition) is 1. The highest BCUT2D eigenvalue weighted by molar-refractivity contribution is 9.09. The van der Waals surface area contributed by atoms with E-state index >= 15 is 0 Å². The van der Waals surface area contributed by atoms with Gasteiger partial charge in [-0.15, -0.1) is 0 Å². The van der Waals surface area contributed by atoms with Crippen molar-refractivity contribution in [2.75, 3.05) is 11.9 Å². The fraction of sp³-hybridized carbons (Fsp3) is 0.625. The van der Waals surface area contributed by atoms with Crippen molar-refractivity contribution in [2.24, 2.45) is 0 Å². The molecule has 0 bridgehead atoms. The molecule has 1 nitrogen and oxygen atoms in total. The fourth-order valence-electron chi connectivity index (χ4n) is 2.03. The van der Waals surface area contributed by atoms with Crippen LogP contribution in [0.2, 0.25) is 0 Å². The molecule has 2 heteroatoms. The summed E-state index contributed by atoms with van der Waals surface area (Å²) in [5.41, 5.74) is 1.35. The maximum absolute atomic E-state index is 5.89. The highest BCUT2D eigenvalue weighted by Gasteiger charge is 2.01. The molecule has 0 atom stereocenters. The third kappa shape index (κ3) is 6.44. The van der Waals surface area contributed by atoms with E-state index in [2.05, 4.69) is 47.1 Å². The van der Waals surface area contributed by atoms with Crippen LogP contribution in [0.25, 0.3) is 0 Å². The van der Waals surface area contributed by atoms with Gasteiger partial charge in [0.05, 0.1) is 6.61 Å². The molecule has 0 aliphatic carbocycles. The molecule has 0 fully saturated rings. The Kier molecular flexibility index (Phi) is 9.01. The van der Waals surface area contributed by atoms with E-state index in [0.29, 0.717) is 0 Å². The van der Waals surface area contributed by atoms with Crippen molar-refractivity contribution in [3.05, 3.63) is 29.8 Å². The molecule has 1 aromatic carbocycles. The van der Waals surface area contributed by atoms with Crippen LogP contribution in [0, 0.1) is 0 Å². The zero-order valence-electron chi connectivity index (χ0n) is 11.5. The van der Waals surface area contributed by atoms with Gasteiger partial charge in [0, 0.05) is 5.33 Å². The molecular formula is C16H25BrO. The van der Waals surface area contributed by atoms with Crippen molar-refractivity contribution in [2.45, 2.75) is 51.9 Å². The van der Waals surface area contributed by atoms with Crippen LogP contribution in [0.3, 0.4) is 0 Å². The van der Waals surface area contributed by atoms with Crippen LogP contribution in [0.5, 0.6) is 5.75 Å². The number of halogens is 1. The van der Waals surface area contributed by atoms with Gasteiger partial charge in [-0.25, -0.2) is 0 Å². The molecule has 1 rings (SSSR count). The summed E-state index contributed by atoms with van der Waals surface area (Å²) in [5.74, 6) is 1.08. The summed E-state index contributed by atoms with van der Waals surface area (Å²) in [6.07, 6.45) is 8.68. The molecule has 0 N–H and O–H groups in total. The van der Waals surface area contributed by atoms with Gasteiger partial charge in [-0.2, -0.15) is 0 Å². The predicted octanol–water partition coefficient (Wildman–Crippen LogP) is 5.36. The van der Waals surface area contributed by atoms with E-state index in [-0.39, 0.29) is 0 Å². The van der Waals surface area contributed by atoms with Gasteiger partial charge in [-0.1, -0.05) is 66.7 Å². The molecule has 0 aliphatic heterocycles.